The third-order valence-electron chi connectivity index (χ3n) is 2.10. The monoisotopic (exact) mass is 187 g/mol. The van der Waals surface area contributed by atoms with Crippen LogP contribution in [-0.2, 0) is 6.42 Å². The number of nitrogens with two attached hydrogens (primary N) is 1. The third kappa shape index (κ3) is 3.64. The molecule has 2 N–H and O–H groups in total. The van der Waals surface area contributed by atoms with Crippen molar-refractivity contribution in [2.45, 2.75) is 26.2 Å². The van der Waals surface area contributed by atoms with E-state index in [0.29, 0.717) is 0 Å². The average Bonchev–Trinajstić information content (AvgIpc) is 2.25. The molecule has 1 aromatic rings. The molecule has 0 amide bonds. The summed E-state index contributed by atoms with van der Waals surface area (Å²) < 4.78 is 0. The van der Waals surface area contributed by atoms with Gasteiger partial charge in [0.05, 0.1) is 0 Å². The van der Waals surface area contributed by atoms with Gasteiger partial charge in [0.2, 0.25) is 0 Å². The van der Waals surface area contributed by atoms with Gasteiger partial charge in [-0.2, -0.15) is 0 Å². The molecule has 0 saturated carbocycles. The van der Waals surface area contributed by atoms with Gasteiger partial charge in [0.25, 0.3) is 0 Å². The summed E-state index contributed by atoms with van der Waals surface area (Å²) >= 11 is 0. The molecule has 0 saturated heterocycles. The summed E-state index contributed by atoms with van der Waals surface area (Å²) in [5, 5.41) is 0. The summed E-state index contributed by atoms with van der Waals surface area (Å²) in [5.41, 5.74) is 7.83. The minimum absolute atomic E-state index is 0.726. The largest absolute Gasteiger partial charge is 0.330 e. The third-order valence-corrected chi connectivity index (χ3v) is 2.10. The Labute approximate surface area is 86.3 Å². The van der Waals surface area contributed by atoms with Gasteiger partial charge in [-0.3, -0.25) is 0 Å². The molecule has 0 aliphatic carbocycles. The fraction of sp³-hybridized carbons (Fsp3) is 0.385. The van der Waals surface area contributed by atoms with Gasteiger partial charge in [0.15, 0.2) is 0 Å². The predicted molar refractivity (Wildman–Crippen MR) is 61.0 cm³/mol. The summed E-state index contributed by atoms with van der Waals surface area (Å²) in [5.74, 6) is 6.24. The van der Waals surface area contributed by atoms with Crippen molar-refractivity contribution >= 4 is 0 Å². The molecule has 0 aromatic heterocycles. The summed E-state index contributed by atoms with van der Waals surface area (Å²) in [4.78, 5) is 0. The van der Waals surface area contributed by atoms with Crippen molar-refractivity contribution in [1.82, 2.24) is 0 Å². The Morgan fingerprint density at radius 3 is 2.50 bits per heavy atom. The van der Waals surface area contributed by atoms with E-state index in [9.17, 15) is 0 Å². The molecule has 0 fully saturated rings. The maximum atomic E-state index is 5.38. The van der Waals surface area contributed by atoms with Crippen molar-refractivity contribution in [3.63, 3.8) is 0 Å². The highest BCUT2D eigenvalue weighted by Crippen LogP contribution is 2.03. The van der Waals surface area contributed by atoms with Crippen molar-refractivity contribution in [3.05, 3.63) is 35.4 Å². The van der Waals surface area contributed by atoms with Crippen LogP contribution in [0.5, 0.6) is 0 Å². The Morgan fingerprint density at radius 2 is 1.93 bits per heavy atom. The molecular weight excluding hydrogens is 170 g/mol. The second-order valence-corrected chi connectivity index (χ2v) is 3.24. The molecule has 1 nitrogen and oxygen atoms in total. The van der Waals surface area contributed by atoms with E-state index in [1.807, 2.05) is 0 Å². The molecule has 1 heteroatoms. The molecule has 0 unspecified atom stereocenters. The minimum atomic E-state index is 0.726. The second-order valence-electron chi connectivity index (χ2n) is 3.24. The molecule has 1 rings (SSSR count). The first-order chi connectivity index (χ1) is 6.86. The lowest BCUT2D eigenvalue weighted by Gasteiger charge is -1.94. The van der Waals surface area contributed by atoms with E-state index in [1.165, 1.54) is 5.56 Å². The molecule has 74 valence electrons. The molecule has 0 bridgehead atoms. The molecule has 0 radical (unpaired) electrons. The predicted octanol–water partition coefficient (Wildman–Crippen LogP) is 2.34. The minimum Gasteiger partial charge on any atom is -0.330 e. The van der Waals surface area contributed by atoms with Gasteiger partial charge in [-0.15, -0.1) is 0 Å². The van der Waals surface area contributed by atoms with E-state index in [0.717, 1.165) is 31.4 Å². The fourth-order valence-corrected chi connectivity index (χ4v) is 1.18. The SMILES string of the molecule is CCc1ccc(C#CCCCN)cc1. The van der Waals surface area contributed by atoms with Crippen LogP contribution in [0.15, 0.2) is 24.3 Å². The van der Waals surface area contributed by atoms with Crippen LogP contribution >= 0.6 is 0 Å². The quantitative estimate of drug-likeness (QED) is 0.570. The summed E-state index contributed by atoms with van der Waals surface area (Å²) in [7, 11) is 0. The van der Waals surface area contributed by atoms with Crippen LogP contribution in [-0.4, -0.2) is 6.54 Å². The molecule has 0 spiro atoms. The van der Waals surface area contributed by atoms with E-state index < -0.39 is 0 Å². The van der Waals surface area contributed by atoms with Gasteiger partial charge in [-0.25, -0.2) is 0 Å². The second kappa shape index (κ2) is 6.23. The van der Waals surface area contributed by atoms with Crippen molar-refractivity contribution < 1.29 is 0 Å². The zero-order valence-corrected chi connectivity index (χ0v) is 8.72. The summed E-state index contributed by atoms with van der Waals surface area (Å²) in [6, 6.07) is 8.42. The van der Waals surface area contributed by atoms with Crippen LogP contribution in [0.1, 0.15) is 30.9 Å². The van der Waals surface area contributed by atoms with E-state index >= 15 is 0 Å². The number of hydrogen-bond acceptors (Lipinski definition) is 1. The summed E-state index contributed by atoms with van der Waals surface area (Å²) in [6.45, 7) is 2.88. The van der Waals surface area contributed by atoms with Crippen LogP contribution < -0.4 is 5.73 Å². The maximum absolute atomic E-state index is 5.38. The zero-order valence-electron chi connectivity index (χ0n) is 8.72. The van der Waals surface area contributed by atoms with Gasteiger partial charge in [0, 0.05) is 12.0 Å². The first-order valence-electron chi connectivity index (χ1n) is 5.14. The van der Waals surface area contributed by atoms with Gasteiger partial charge in [-0.1, -0.05) is 30.9 Å². The lowest BCUT2D eigenvalue weighted by atomic mass is 10.1. The number of benzene rings is 1. The van der Waals surface area contributed by atoms with Crippen molar-refractivity contribution in [2.24, 2.45) is 5.73 Å². The highest BCUT2D eigenvalue weighted by atomic mass is 14.5. The first-order valence-corrected chi connectivity index (χ1v) is 5.14. The van der Waals surface area contributed by atoms with E-state index in [2.05, 4.69) is 43.0 Å². The number of rotatable bonds is 3. The maximum Gasteiger partial charge on any atom is 0.0245 e. The lowest BCUT2D eigenvalue weighted by Crippen LogP contribution is -1.96. The first kappa shape index (κ1) is 10.8. The Balaban J connectivity index is 2.53. The Kier molecular flexibility index (Phi) is 4.82. The number of unbranched alkanes of at least 4 members (excludes halogenated alkanes) is 1. The molecular formula is C13H17N. The molecule has 0 aliphatic heterocycles. The highest BCUT2D eigenvalue weighted by Gasteiger charge is 1.88. The van der Waals surface area contributed by atoms with Crippen molar-refractivity contribution in [2.75, 3.05) is 6.54 Å². The van der Waals surface area contributed by atoms with Crippen LogP contribution in [0.25, 0.3) is 0 Å². The van der Waals surface area contributed by atoms with Crippen LogP contribution in [0.3, 0.4) is 0 Å². The highest BCUT2D eigenvalue weighted by molar-refractivity contribution is 5.36. The topological polar surface area (TPSA) is 26.0 Å². The molecule has 1 aromatic carbocycles. The van der Waals surface area contributed by atoms with E-state index in [-0.39, 0.29) is 0 Å². The molecule has 14 heavy (non-hydrogen) atoms. The van der Waals surface area contributed by atoms with Crippen molar-refractivity contribution in [3.8, 4) is 11.8 Å². The Hall–Kier alpha value is -1.26. The average molecular weight is 187 g/mol. The Bertz CT molecular complexity index is 313. The fourth-order valence-electron chi connectivity index (χ4n) is 1.18. The van der Waals surface area contributed by atoms with Crippen LogP contribution in [0, 0.1) is 11.8 Å². The lowest BCUT2D eigenvalue weighted by molar-refractivity contribution is 0.870. The van der Waals surface area contributed by atoms with E-state index in [1.54, 1.807) is 0 Å². The molecule has 0 heterocycles. The van der Waals surface area contributed by atoms with Gasteiger partial charge in [-0.05, 0) is 37.1 Å². The standard InChI is InChI=1S/C13H17N/c1-2-12-7-9-13(10-8-12)6-4-3-5-11-14/h7-10H,2-3,5,11,14H2,1H3. The smallest absolute Gasteiger partial charge is 0.0245 e. The van der Waals surface area contributed by atoms with Crippen LogP contribution in [0.4, 0.5) is 0 Å². The molecule has 0 atom stereocenters. The normalized spacial score (nSPS) is 9.29. The number of aryl methyl sites for hydroxylation is 1. The van der Waals surface area contributed by atoms with Gasteiger partial charge >= 0.3 is 0 Å². The Morgan fingerprint density at radius 1 is 1.21 bits per heavy atom. The van der Waals surface area contributed by atoms with E-state index in [4.69, 9.17) is 5.73 Å². The van der Waals surface area contributed by atoms with Crippen LogP contribution in [0.2, 0.25) is 0 Å². The van der Waals surface area contributed by atoms with Crippen molar-refractivity contribution in [1.29, 1.82) is 0 Å². The molecule has 0 aliphatic rings. The number of hydrogen-bond donors (Lipinski definition) is 1. The zero-order chi connectivity index (χ0) is 10.2. The van der Waals surface area contributed by atoms with Gasteiger partial charge in [0.1, 0.15) is 0 Å². The van der Waals surface area contributed by atoms with Gasteiger partial charge < -0.3 is 5.73 Å². The summed E-state index contributed by atoms with van der Waals surface area (Å²) in [6.07, 6.45) is 2.97.